The van der Waals surface area contributed by atoms with Crippen molar-refractivity contribution in [1.29, 1.82) is 0 Å². The second kappa shape index (κ2) is 5.05. The lowest BCUT2D eigenvalue weighted by atomic mass is 9.93. The molecule has 0 amide bonds. The van der Waals surface area contributed by atoms with Gasteiger partial charge in [-0.05, 0) is 6.42 Å². The van der Waals surface area contributed by atoms with Gasteiger partial charge < -0.3 is 4.74 Å². The largest absolute Gasteiger partial charge is 0.363 e. The fraction of sp³-hybridized carbons (Fsp3) is 1.00. The molecular weight excluding hydrogens is 174 g/mol. The van der Waals surface area contributed by atoms with Gasteiger partial charge in [-0.15, -0.1) is 12.4 Å². The number of halogens is 1. The van der Waals surface area contributed by atoms with Crippen molar-refractivity contribution in [2.75, 3.05) is 13.2 Å². The van der Waals surface area contributed by atoms with Crippen LogP contribution in [0.25, 0.3) is 0 Å². The van der Waals surface area contributed by atoms with E-state index in [1.165, 1.54) is 6.42 Å². The van der Waals surface area contributed by atoms with Crippen LogP contribution in [0.2, 0.25) is 0 Å². The van der Waals surface area contributed by atoms with Gasteiger partial charge in [-0.2, -0.15) is 0 Å². The Morgan fingerprint density at radius 3 is 2.58 bits per heavy atom. The van der Waals surface area contributed by atoms with Crippen LogP contribution in [-0.2, 0) is 4.74 Å². The van der Waals surface area contributed by atoms with E-state index in [1.54, 1.807) is 0 Å². The lowest BCUT2D eigenvalue weighted by Gasteiger charge is -2.35. The molecule has 1 rings (SSSR count). The van der Waals surface area contributed by atoms with E-state index in [0.29, 0.717) is 11.6 Å². The number of hydrogen-bond acceptors (Lipinski definition) is 2. The highest BCUT2D eigenvalue weighted by molar-refractivity contribution is 5.85. The van der Waals surface area contributed by atoms with Gasteiger partial charge in [0.2, 0.25) is 0 Å². The molecule has 1 aliphatic heterocycles. The van der Waals surface area contributed by atoms with Crippen molar-refractivity contribution in [3.05, 3.63) is 0 Å². The number of rotatable bonds is 2. The summed E-state index contributed by atoms with van der Waals surface area (Å²) in [6, 6.07) is 0. The van der Waals surface area contributed by atoms with Gasteiger partial charge in [0.15, 0.2) is 0 Å². The molecule has 0 spiro atoms. The van der Waals surface area contributed by atoms with Crippen LogP contribution in [0.4, 0.5) is 0 Å². The van der Waals surface area contributed by atoms with E-state index >= 15 is 0 Å². The second-order valence-electron chi connectivity index (χ2n) is 4.13. The van der Waals surface area contributed by atoms with Crippen molar-refractivity contribution in [1.82, 2.24) is 5.32 Å². The molecule has 1 N–H and O–H groups in total. The topological polar surface area (TPSA) is 21.3 Å². The number of hydrogen-bond donors (Lipinski definition) is 1. The van der Waals surface area contributed by atoms with Gasteiger partial charge in [-0.1, -0.05) is 27.2 Å². The molecule has 1 atom stereocenters. The van der Waals surface area contributed by atoms with Crippen LogP contribution >= 0.6 is 12.4 Å². The fourth-order valence-electron chi connectivity index (χ4n) is 1.27. The summed E-state index contributed by atoms with van der Waals surface area (Å²) in [5.41, 5.74) is 0.324. The maximum Gasteiger partial charge on any atom is 0.108 e. The van der Waals surface area contributed by atoms with Crippen molar-refractivity contribution in [3.8, 4) is 0 Å². The third-order valence-corrected chi connectivity index (χ3v) is 2.03. The van der Waals surface area contributed by atoms with Crippen LogP contribution < -0.4 is 5.32 Å². The molecule has 3 heteroatoms. The van der Waals surface area contributed by atoms with Crippen LogP contribution in [0.3, 0.4) is 0 Å². The van der Waals surface area contributed by atoms with Gasteiger partial charge in [0, 0.05) is 12.0 Å². The summed E-state index contributed by atoms with van der Waals surface area (Å²) in [4.78, 5) is 0. The van der Waals surface area contributed by atoms with E-state index in [2.05, 4.69) is 26.1 Å². The molecule has 0 bridgehead atoms. The Kier molecular flexibility index (Phi) is 5.14. The molecule has 1 saturated heterocycles. The predicted octanol–water partition coefficient (Wildman–Crippen LogP) is 2.18. The van der Waals surface area contributed by atoms with Crippen LogP contribution in [0.5, 0.6) is 0 Å². The molecule has 0 aliphatic carbocycles. The Morgan fingerprint density at radius 2 is 2.17 bits per heavy atom. The zero-order valence-corrected chi connectivity index (χ0v) is 9.04. The third-order valence-electron chi connectivity index (χ3n) is 2.03. The summed E-state index contributed by atoms with van der Waals surface area (Å²) >= 11 is 0. The average molecular weight is 194 g/mol. The predicted molar refractivity (Wildman–Crippen MR) is 53.7 cm³/mol. The first-order chi connectivity index (χ1) is 5.14. The zero-order chi connectivity index (χ0) is 8.32. The van der Waals surface area contributed by atoms with E-state index in [0.717, 1.165) is 19.6 Å². The lowest BCUT2D eigenvalue weighted by Crippen LogP contribution is -2.47. The van der Waals surface area contributed by atoms with Crippen LogP contribution in [0.1, 0.15) is 33.6 Å². The van der Waals surface area contributed by atoms with Crippen molar-refractivity contribution >= 4 is 12.4 Å². The normalized spacial score (nSPS) is 27.8. The maximum atomic E-state index is 5.62. The molecule has 0 aromatic rings. The van der Waals surface area contributed by atoms with Crippen molar-refractivity contribution in [3.63, 3.8) is 0 Å². The number of ether oxygens (including phenoxy) is 1. The Hall–Kier alpha value is 0.210. The molecule has 0 radical (unpaired) electrons. The molecule has 74 valence electrons. The molecular formula is C9H20ClNO. The molecule has 0 aromatic heterocycles. The van der Waals surface area contributed by atoms with Gasteiger partial charge in [-0.25, -0.2) is 0 Å². The summed E-state index contributed by atoms with van der Waals surface area (Å²) < 4.78 is 5.62. The van der Waals surface area contributed by atoms with Crippen molar-refractivity contribution in [2.24, 2.45) is 5.41 Å². The van der Waals surface area contributed by atoms with Gasteiger partial charge in [0.1, 0.15) is 6.23 Å². The van der Waals surface area contributed by atoms with Crippen molar-refractivity contribution in [2.45, 2.75) is 39.8 Å². The minimum absolute atomic E-state index is 0. The van der Waals surface area contributed by atoms with E-state index < -0.39 is 0 Å². The lowest BCUT2D eigenvalue weighted by molar-refractivity contribution is -0.0609. The standard InChI is InChI=1S/C9H19NO.ClH/c1-4-5-8-10-6-9(2,3)7-11-8;/h8,10H,4-7H2,1-3H3;1H. The van der Waals surface area contributed by atoms with Gasteiger partial charge >= 0.3 is 0 Å². The van der Waals surface area contributed by atoms with Crippen molar-refractivity contribution < 1.29 is 4.74 Å². The SMILES string of the molecule is CCCC1NCC(C)(C)CO1.Cl. The smallest absolute Gasteiger partial charge is 0.108 e. The summed E-state index contributed by atoms with van der Waals surface area (Å²) in [6.45, 7) is 8.61. The fourth-order valence-corrected chi connectivity index (χ4v) is 1.27. The van der Waals surface area contributed by atoms with E-state index in [4.69, 9.17) is 4.74 Å². The molecule has 1 heterocycles. The molecule has 1 aliphatic rings. The molecule has 0 aromatic carbocycles. The quantitative estimate of drug-likeness (QED) is 0.726. The third kappa shape index (κ3) is 3.74. The Balaban J connectivity index is 0.00000121. The second-order valence-corrected chi connectivity index (χ2v) is 4.13. The summed E-state index contributed by atoms with van der Waals surface area (Å²) in [5.74, 6) is 0. The summed E-state index contributed by atoms with van der Waals surface area (Å²) in [7, 11) is 0. The van der Waals surface area contributed by atoms with E-state index in [-0.39, 0.29) is 12.4 Å². The minimum Gasteiger partial charge on any atom is -0.363 e. The van der Waals surface area contributed by atoms with Gasteiger partial charge in [0.05, 0.1) is 6.61 Å². The summed E-state index contributed by atoms with van der Waals surface area (Å²) in [6.07, 6.45) is 2.64. The van der Waals surface area contributed by atoms with Gasteiger partial charge in [-0.3, -0.25) is 5.32 Å². The first-order valence-electron chi connectivity index (χ1n) is 4.49. The molecule has 12 heavy (non-hydrogen) atoms. The average Bonchev–Trinajstić information content (AvgIpc) is 1.94. The Bertz CT molecular complexity index is 118. The van der Waals surface area contributed by atoms with E-state index in [9.17, 15) is 0 Å². The van der Waals surface area contributed by atoms with Crippen LogP contribution in [0, 0.1) is 5.41 Å². The van der Waals surface area contributed by atoms with Crippen LogP contribution in [0.15, 0.2) is 0 Å². The van der Waals surface area contributed by atoms with Crippen LogP contribution in [-0.4, -0.2) is 19.4 Å². The Morgan fingerprint density at radius 1 is 1.50 bits per heavy atom. The zero-order valence-electron chi connectivity index (χ0n) is 8.22. The highest BCUT2D eigenvalue weighted by Gasteiger charge is 2.26. The first-order valence-corrected chi connectivity index (χ1v) is 4.49. The highest BCUT2D eigenvalue weighted by Crippen LogP contribution is 2.20. The van der Waals surface area contributed by atoms with Gasteiger partial charge in [0.25, 0.3) is 0 Å². The molecule has 2 nitrogen and oxygen atoms in total. The first kappa shape index (κ1) is 12.2. The highest BCUT2D eigenvalue weighted by atomic mass is 35.5. The number of nitrogens with one attached hydrogen (secondary N) is 1. The molecule has 0 saturated carbocycles. The summed E-state index contributed by atoms with van der Waals surface area (Å²) in [5, 5.41) is 3.39. The molecule has 1 fully saturated rings. The maximum absolute atomic E-state index is 5.62. The Labute approximate surface area is 81.5 Å². The monoisotopic (exact) mass is 193 g/mol. The minimum atomic E-state index is 0. The molecule has 1 unspecified atom stereocenters. The van der Waals surface area contributed by atoms with E-state index in [1.807, 2.05) is 0 Å².